The van der Waals surface area contributed by atoms with Crippen LogP contribution in [0.2, 0.25) is 0 Å². The number of hydrogen-bond acceptors (Lipinski definition) is 3. The first kappa shape index (κ1) is 16.7. The quantitative estimate of drug-likeness (QED) is 0.736. The molecule has 1 atom stereocenters. The van der Waals surface area contributed by atoms with E-state index in [1.165, 1.54) is 0 Å². The average molecular weight is 286 g/mol. The van der Waals surface area contributed by atoms with Gasteiger partial charge in [-0.05, 0) is 18.3 Å². The van der Waals surface area contributed by atoms with Gasteiger partial charge in [0.15, 0.2) is 0 Å². The van der Waals surface area contributed by atoms with Gasteiger partial charge in [-0.1, -0.05) is 34.6 Å². The molecule has 5 heteroatoms. The fourth-order valence-electron chi connectivity index (χ4n) is 2.12. The predicted molar refractivity (Wildman–Crippen MR) is 78.1 cm³/mol. The van der Waals surface area contributed by atoms with Gasteiger partial charge in [-0.2, -0.15) is 5.26 Å². The summed E-state index contributed by atoms with van der Waals surface area (Å²) in [6.07, 6.45) is 1.60. The SMILES string of the molecule is CC(C)P(=O)(OCC(C)(C)C)N1CCC(C#N)CC1. The second-order valence-electron chi connectivity index (χ2n) is 6.85. The van der Waals surface area contributed by atoms with Crippen LogP contribution in [0.15, 0.2) is 0 Å². The monoisotopic (exact) mass is 286 g/mol. The van der Waals surface area contributed by atoms with Gasteiger partial charge in [0.2, 0.25) is 0 Å². The highest BCUT2D eigenvalue weighted by atomic mass is 31.2. The largest absolute Gasteiger partial charge is 0.317 e. The van der Waals surface area contributed by atoms with E-state index in [2.05, 4.69) is 26.8 Å². The van der Waals surface area contributed by atoms with E-state index in [0.717, 1.165) is 12.8 Å². The Morgan fingerprint density at radius 1 is 1.37 bits per heavy atom. The zero-order chi connectivity index (χ0) is 14.7. The van der Waals surface area contributed by atoms with Gasteiger partial charge in [0.05, 0.1) is 12.7 Å². The van der Waals surface area contributed by atoms with Crippen molar-refractivity contribution >= 4 is 7.52 Å². The predicted octanol–water partition coefficient (Wildman–Crippen LogP) is 3.89. The van der Waals surface area contributed by atoms with Crippen LogP contribution >= 0.6 is 7.52 Å². The van der Waals surface area contributed by atoms with E-state index in [4.69, 9.17) is 9.79 Å². The smallest absolute Gasteiger partial charge is 0.274 e. The minimum atomic E-state index is -2.78. The van der Waals surface area contributed by atoms with Crippen LogP contribution in [-0.4, -0.2) is 30.0 Å². The Morgan fingerprint density at radius 2 is 1.89 bits per heavy atom. The molecule has 0 saturated carbocycles. The highest BCUT2D eigenvalue weighted by Gasteiger charge is 2.38. The van der Waals surface area contributed by atoms with Crippen molar-refractivity contribution in [3.8, 4) is 6.07 Å². The highest BCUT2D eigenvalue weighted by molar-refractivity contribution is 7.57. The minimum absolute atomic E-state index is 0.00603. The molecule has 1 fully saturated rings. The average Bonchev–Trinajstić information content (AvgIpc) is 2.35. The molecule has 0 spiro atoms. The van der Waals surface area contributed by atoms with E-state index < -0.39 is 7.52 Å². The molecule has 0 bridgehead atoms. The summed E-state index contributed by atoms with van der Waals surface area (Å²) in [5.41, 5.74) is 0.00342. The number of hydrogen-bond donors (Lipinski definition) is 0. The molecule has 19 heavy (non-hydrogen) atoms. The molecule has 1 saturated heterocycles. The summed E-state index contributed by atoms with van der Waals surface area (Å²) in [7, 11) is -2.78. The summed E-state index contributed by atoms with van der Waals surface area (Å²) in [5, 5.41) is 8.93. The van der Waals surface area contributed by atoms with Crippen LogP contribution in [0.25, 0.3) is 0 Å². The zero-order valence-corrected chi connectivity index (χ0v) is 13.7. The van der Waals surface area contributed by atoms with Crippen molar-refractivity contribution in [2.45, 2.75) is 53.1 Å². The van der Waals surface area contributed by atoms with Crippen molar-refractivity contribution in [1.29, 1.82) is 5.26 Å². The summed E-state index contributed by atoms with van der Waals surface area (Å²) in [5.74, 6) is 0.111. The van der Waals surface area contributed by atoms with Crippen LogP contribution in [0.1, 0.15) is 47.5 Å². The van der Waals surface area contributed by atoms with E-state index in [1.54, 1.807) is 0 Å². The Kier molecular flexibility index (Phi) is 5.62. The normalized spacial score (nSPS) is 22.2. The fourth-order valence-corrected chi connectivity index (χ4v) is 4.59. The number of piperidine rings is 1. The van der Waals surface area contributed by atoms with Crippen LogP contribution in [0.5, 0.6) is 0 Å². The summed E-state index contributed by atoms with van der Waals surface area (Å²) >= 11 is 0. The Hall–Kier alpha value is -0.360. The lowest BCUT2D eigenvalue weighted by Gasteiger charge is -2.38. The van der Waals surface area contributed by atoms with Crippen molar-refractivity contribution in [2.24, 2.45) is 11.3 Å². The molecule has 1 rings (SSSR count). The molecule has 110 valence electrons. The third-order valence-electron chi connectivity index (χ3n) is 3.38. The van der Waals surface area contributed by atoms with Crippen LogP contribution in [0.4, 0.5) is 0 Å². The zero-order valence-electron chi connectivity index (χ0n) is 12.8. The summed E-state index contributed by atoms with van der Waals surface area (Å²) < 4.78 is 21.0. The maximum atomic E-state index is 13.1. The molecule has 0 amide bonds. The first-order valence-corrected chi connectivity index (χ1v) is 8.73. The fraction of sp³-hybridized carbons (Fsp3) is 0.929. The van der Waals surface area contributed by atoms with Crippen molar-refractivity contribution < 1.29 is 9.09 Å². The first-order valence-electron chi connectivity index (χ1n) is 7.08. The third-order valence-corrected chi connectivity index (χ3v) is 6.38. The molecule has 0 aromatic carbocycles. The van der Waals surface area contributed by atoms with E-state index in [-0.39, 0.29) is 17.0 Å². The van der Waals surface area contributed by atoms with E-state index in [9.17, 15) is 4.57 Å². The first-order chi connectivity index (χ1) is 8.69. The van der Waals surface area contributed by atoms with Crippen LogP contribution in [-0.2, 0) is 9.09 Å². The van der Waals surface area contributed by atoms with Gasteiger partial charge in [-0.25, -0.2) is 4.67 Å². The minimum Gasteiger partial charge on any atom is -0.317 e. The molecule has 0 aromatic heterocycles. The Balaban J connectivity index is 2.72. The molecular weight excluding hydrogens is 259 g/mol. The van der Waals surface area contributed by atoms with Crippen molar-refractivity contribution in [3.05, 3.63) is 0 Å². The summed E-state index contributed by atoms with van der Waals surface area (Å²) in [6.45, 7) is 12.1. The van der Waals surface area contributed by atoms with Gasteiger partial charge in [0.25, 0.3) is 7.52 Å². The van der Waals surface area contributed by atoms with Gasteiger partial charge in [-0.15, -0.1) is 0 Å². The van der Waals surface area contributed by atoms with Crippen molar-refractivity contribution in [1.82, 2.24) is 4.67 Å². The highest BCUT2D eigenvalue weighted by Crippen LogP contribution is 2.56. The van der Waals surface area contributed by atoms with Crippen LogP contribution in [0, 0.1) is 22.7 Å². The number of rotatable bonds is 4. The summed E-state index contributed by atoms with van der Waals surface area (Å²) in [4.78, 5) is 0. The Bertz CT molecular complexity index is 374. The molecule has 0 aromatic rings. The molecule has 1 heterocycles. The lowest BCUT2D eigenvalue weighted by Crippen LogP contribution is -2.34. The maximum Gasteiger partial charge on any atom is 0.274 e. The number of nitriles is 1. The van der Waals surface area contributed by atoms with E-state index >= 15 is 0 Å². The second kappa shape index (κ2) is 6.39. The van der Waals surface area contributed by atoms with Gasteiger partial charge < -0.3 is 4.52 Å². The van der Waals surface area contributed by atoms with Gasteiger partial charge >= 0.3 is 0 Å². The molecule has 4 nitrogen and oxygen atoms in total. The van der Waals surface area contributed by atoms with Gasteiger partial charge in [0.1, 0.15) is 0 Å². The third kappa shape index (κ3) is 4.60. The van der Waals surface area contributed by atoms with Crippen molar-refractivity contribution in [2.75, 3.05) is 19.7 Å². The topological polar surface area (TPSA) is 53.3 Å². The lowest BCUT2D eigenvalue weighted by atomic mass is 9.99. The standard InChI is InChI=1S/C14H27N2O2P/c1-12(2)19(17,18-11-14(3,4)5)16-8-6-13(10-15)7-9-16/h12-13H,6-9,11H2,1-5H3. The van der Waals surface area contributed by atoms with Crippen LogP contribution in [0.3, 0.4) is 0 Å². The van der Waals surface area contributed by atoms with Crippen molar-refractivity contribution in [3.63, 3.8) is 0 Å². The Morgan fingerprint density at radius 3 is 2.26 bits per heavy atom. The number of nitrogens with zero attached hydrogens (tertiary/aromatic N) is 2. The van der Waals surface area contributed by atoms with E-state index in [1.807, 2.05) is 18.5 Å². The second-order valence-corrected chi connectivity index (χ2v) is 9.83. The Labute approximate surface area is 117 Å². The molecule has 0 N–H and O–H groups in total. The van der Waals surface area contributed by atoms with Crippen LogP contribution < -0.4 is 0 Å². The molecular formula is C14H27N2O2P. The van der Waals surface area contributed by atoms with E-state index in [0.29, 0.717) is 19.7 Å². The molecule has 1 aliphatic heterocycles. The molecule has 1 unspecified atom stereocenters. The van der Waals surface area contributed by atoms with Gasteiger partial charge in [0, 0.05) is 24.7 Å². The summed E-state index contributed by atoms with van der Waals surface area (Å²) in [6, 6.07) is 2.30. The lowest BCUT2D eigenvalue weighted by molar-refractivity contribution is 0.165. The van der Waals surface area contributed by atoms with Gasteiger partial charge in [-0.3, -0.25) is 4.57 Å². The molecule has 1 aliphatic rings. The molecule has 0 aliphatic carbocycles. The molecule has 0 radical (unpaired) electrons. The maximum absolute atomic E-state index is 13.1.